The van der Waals surface area contributed by atoms with E-state index >= 15 is 0 Å². The normalized spacial score (nSPS) is 14.0. The number of carbonyl (C=O) groups excluding carboxylic acids is 1. The first kappa shape index (κ1) is 18.3. The molecule has 4 nitrogen and oxygen atoms in total. The zero-order chi connectivity index (χ0) is 18.4. The minimum absolute atomic E-state index is 0.0577. The van der Waals surface area contributed by atoms with Crippen molar-refractivity contribution in [1.29, 1.82) is 0 Å². The third-order valence-corrected chi connectivity index (χ3v) is 4.91. The number of para-hydroxylation sites is 2. The summed E-state index contributed by atoms with van der Waals surface area (Å²) < 4.78 is 5.85. The Morgan fingerprint density at radius 1 is 1.19 bits per heavy atom. The quantitative estimate of drug-likeness (QED) is 0.738. The number of carbonyl (C=O) groups is 1. The first-order chi connectivity index (χ1) is 12.7. The van der Waals surface area contributed by atoms with Crippen molar-refractivity contribution in [3.8, 4) is 5.75 Å². The van der Waals surface area contributed by atoms with Gasteiger partial charge in [-0.3, -0.25) is 4.79 Å². The van der Waals surface area contributed by atoms with Crippen molar-refractivity contribution in [1.82, 2.24) is 5.32 Å². The molecule has 0 aromatic heterocycles. The number of rotatable bonds is 8. The molecule has 1 atom stereocenters. The lowest BCUT2D eigenvalue weighted by Crippen LogP contribution is -2.38. The van der Waals surface area contributed by atoms with E-state index in [1.165, 1.54) is 11.3 Å². The zero-order valence-corrected chi connectivity index (χ0v) is 15.7. The molecule has 3 rings (SSSR count). The van der Waals surface area contributed by atoms with E-state index in [4.69, 9.17) is 4.74 Å². The van der Waals surface area contributed by atoms with E-state index in [1.54, 1.807) is 6.92 Å². The van der Waals surface area contributed by atoms with Crippen molar-refractivity contribution in [2.75, 3.05) is 24.5 Å². The maximum atomic E-state index is 12.3. The Bertz CT molecular complexity index is 744. The van der Waals surface area contributed by atoms with Gasteiger partial charge < -0.3 is 15.0 Å². The minimum Gasteiger partial charge on any atom is -0.481 e. The Labute approximate surface area is 156 Å². The van der Waals surface area contributed by atoms with Gasteiger partial charge in [-0.1, -0.05) is 43.3 Å². The number of aryl methyl sites for hydroxylation is 1. The molecule has 0 unspecified atom stereocenters. The summed E-state index contributed by atoms with van der Waals surface area (Å²) in [5.41, 5.74) is 3.89. The highest BCUT2D eigenvalue weighted by Gasteiger charge is 2.18. The van der Waals surface area contributed by atoms with E-state index in [2.05, 4.69) is 41.4 Å². The molecule has 2 aromatic rings. The Kier molecular flexibility index (Phi) is 6.16. The first-order valence-electron chi connectivity index (χ1n) is 9.54. The standard InChI is InChI=1S/C22H28N2O2/c1-3-18-9-5-7-12-21(18)26-17(2)22(25)23-14-8-15-24-16-13-19-10-4-6-11-20(19)24/h4-7,9-12,17H,3,8,13-16H2,1-2H3,(H,23,25)/t17-/m1/s1. The van der Waals surface area contributed by atoms with Crippen molar-refractivity contribution in [3.63, 3.8) is 0 Å². The van der Waals surface area contributed by atoms with E-state index in [-0.39, 0.29) is 5.91 Å². The predicted octanol–water partition coefficient (Wildman–Crippen LogP) is 3.59. The second kappa shape index (κ2) is 8.75. The van der Waals surface area contributed by atoms with Crippen molar-refractivity contribution >= 4 is 11.6 Å². The SMILES string of the molecule is CCc1ccccc1O[C@H](C)C(=O)NCCCN1CCc2ccccc21. The smallest absolute Gasteiger partial charge is 0.260 e. The average Bonchev–Trinajstić information content (AvgIpc) is 3.08. The molecule has 1 heterocycles. The van der Waals surface area contributed by atoms with Gasteiger partial charge in [0.15, 0.2) is 6.10 Å². The molecule has 0 saturated heterocycles. The topological polar surface area (TPSA) is 41.6 Å². The van der Waals surface area contributed by atoms with Gasteiger partial charge in [0.1, 0.15) is 5.75 Å². The molecule has 0 saturated carbocycles. The first-order valence-corrected chi connectivity index (χ1v) is 9.54. The van der Waals surface area contributed by atoms with Crippen molar-refractivity contribution in [2.45, 2.75) is 39.2 Å². The summed E-state index contributed by atoms with van der Waals surface area (Å²) in [5, 5.41) is 3.00. The van der Waals surface area contributed by atoms with Crippen LogP contribution in [0.15, 0.2) is 48.5 Å². The third kappa shape index (κ3) is 4.37. The molecule has 1 amide bonds. The van der Waals surface area contributed by atoms with Gasteiger partial charge in [-0.05, 0) is 49.4 Å². The molecular formula is C22H28N2O2. The van der Waals surface area contributed by atoms with Gasteiger partial charge in [-0.2, -0.15) is 0 Å². The fraction of sp³-hybridized carbons (Fsp3) is 0.409. The Hall–Kier alpha value is -2.49. The fourth-order valence-electron chi connectivity index (χ4n) is 3.42. The number of anilines is 1. The van der Waals surface area contributed by atoms with Crippen LogP contribution in [-0.2, 0) is 17.6 Å². The molecule has 2 aromatic carbocycles. The van der Waals surface area contributed by atoms with Gasteiger partial charge in [-0.25, -0.2) is 0 Å². The number of ether oxygens (including phenoxy) is 1. The number of fused-ring (bicyclic) bond motifs is 1. The summed E-state index contributed by atoms with van der Waals surface area (Å²) in [6.07, 6.45) is 2.44. The lowest BCUT2D eigenvalue weighted by atomic mass is 10.1. The molecule has 4 heteroatoms. The van der Waals surface area contributed by atoms with Gasteiger partial charge in [0, 0.05) is 25.3 Å². The van der Waals surface area contributed by atoms with Crippen LogP contribution in [0.4, 0.5) is 5.69 Å². The van der Waals surface area contributed by atoms with Gasteiger partial charge in [0.05, 0.1) is 0 Å². The van der Waals surface area contributed by atoms with Gasteiger partial charge in [0.25, 0.3) is 5.91 Å². The second-order valence-electron chi connectivity index (χ2n) is 6.73. The number of nitrogens with one attached hydrogen (secondary N) is 1. The lowest BCUT2D eigenvalue weighted by Gasteiger charge is -2.20. The number of nitrogens with zero attached hydrogens (tertiary/aromatic N) is 1. The highest BCUT2D eigenvalue weighted by Crippen LogP contribution is 2.27. The highest BCUT2D eigenvalue weighted by molar-refractivity contribution is 5.80. The van der Waals surface area contributed by atoms with Crippen LogP contribution in [0.1, 0.15) is 31.4 Å². The molecule has 0 radical (unpaired) electrons. The van der Waals surface area contributed by atoms with Crippen LogP contribution in [-0.4, -0.2) is 31.6 Å². The summed E-state index contributed by atoms with van der Waals surface area (Å²) >= 11 is 0. The van der Waals surface area contributed by atoms with Crippen LogP contribution in [0.5, 0.6) is 5.75 Å². The van der Waals surface area contributed by atoms with E-state index in [0.29, 0.717) is 6.54 Å². The molecule has 0 spiro atoms. The van der Waals surface area contributed by atoms with Crippen molar-refractivity contribution < 1.29 is 9.53 Å². The number of amides is 1. The summed E-state index contributed by atoms with van der Waals surface area (Å²) in [6.45, 7) is 6.59. The lowest BCUT2D eigenvalue weighted by molar-refractivity contribution is -0.127. The molecule has 26 heavy (non-hydrogen) atoms. The molecule has 0 bridgehead atoms. The third-order valence-electron chi connectivity index (χ3n) is 4.91. The van der Waals surface area contributed by atoms with Crippen LogP contribution in [0, 0.1) is 0 Å². The molecule has 1 aliphatic rings. The summed E-state index contributed by atoms with van der Waals surface area (Å²) in [5.74, 6) is 0.740. The maximum absolute atomic E-state index is 12.3. The molecular weight excluding hydrogens is 324 g/mol. The number of benzene rings is 2. The van der Waals surface area contributed by atoms with Crippen LogP contribution >= 0.6 is 0 Å². The Morgan fingerprint density at radius 2 is 1.96 bits per heavy atom. The highest BCUT2D eigenvalue weighted by atomic mass is 16.5. The number of hydrogen-bond acceptors (Lipinski definition) is 3. The zero-order valence-electron chi connectivity index (χ0n) is 15.7. The van der Waals surface area contributed by atoms with E-state index in [1.807, 2.05) is 24.3 Å². The summed E-state index contributed by atoms with van der Waals surface area (Å²) in [7, 11) is 0. The van der Waals surface area contributed by atoms with Crippen LogP contribution < -0.4 is 15.0 Å². The molecule has 0 aliphatic carbocycles. The second-order valence-corrected chi connectivity index (χ2v) is 6.73. The molecule has 138 valence electrons. The van der Waals surface area contributed by atoms with Crippen molar-refractivity contribution in [2.24, 2.45) is 0 Å². The molecule has 1 aliphatic heterocycles. The minimum atomic E-state index is -0.491. The summed E-state index contributed by atoms with van der Waals surface area (Å²) in [4.78, 5) is 14.7. The predicted molar refractivity (Wildman–Crippen MR) is 106 cm³/mol. The van der Waals surface area contributed by atoms with Crippen molar-refractivity contribution in [3.05, 3.63) is 59.7 Å². The number of hydrogen-bond donors (Lipinski definition) is 1. The van der Waals surface area contributed by atoms with E-state index < -0.39 is 6.10 Å². The van der Waals surface area contributed by atoms with Gasteiger partial charge >= 0.3 is 0 Å². The van der Waals surface area contributed by atoms with E-state index in [9.17, 15) is 4.79 Å². The molecule has 1 N–H and O–H groups in total. The molecule has 0 fully saturated rings. The maximum Gasteiger partial charge on any atom is 0.260 e. The fourth-order valence-corrected chi connectivity index (χ4v) is 3.42. The van der Waals surface area contributed by atoms with Gasteiger partial charge in [-0.15, -0.1) is 0 Å². The van der Waals surface area contributed by atoms with Gasteiger partial charge in [0.2, 0.25) is 0 Å². The average molecular weight is 352 g/mol. The largest absolute Gasteiger partial charge is 0.481 e. The Balaban J connectivity index is 1.41. The monoisotopic (exact) mass is 352 g/mol. The van der Waals surface area contributed by atoms with Crippen LogP contribution in [0.2, 0.25) is 0 Å². The van der Waals surface area contributed by atoms with E-state index in [0.717, 1.165) is 43.7 Å². The van der Waals surface area contributed by atoms with Crippen LogP contribution in [0.25, 0.3) is 0 Å². The van der Waals surface area contributed by atoms with Crippen LogP contribution in [0.3, 0.4) is 0 Å². The summed E-state index contributed by atoms with van der Waals surface area (Å²) in [6, 6.07) is 16.5. The Morgan fingerprint density at radius 3 is 2.81 bits per heavy atom.